The van der Waals surface area contributed by atoms with Crippen molar-refractivity contribution in [2.45, 2.75) is 6.54 Å². The van der Waals surface area contributed by atoms with Crippen molar-refractivity contribution in [3.8, 4) is 0 Å². The number of para-hydroxylation sites is 1. The monoisotopic (exact) mass is 378 g/mol. The lowest BCUT2D eigenvalue weighted by Crippen LogP contribution is -2.22. The summed E-state index contributed by atoms with van der Waals surface area (Å²) in [6.07, 6.45) is 0. The number of esters is 1. The van der Waals surface area contributed by atoms with Gasteiger partial charge < -0.3 is 9.30 Å². The molecule has 0 aliphatic carbocycles. The van der Waals surface area contributed by atoms with E-state index >= 15 is 0 Å². The predicted octanol–water partition coefficient (Wildman–Crippen LogP) is 3.41. The highest BCUT2D eigenvalue weighted by Crippen LogP contribution is 2.20. The molecule has 5 nitrogen and oxygen atoms in total. The number of halogens is 2. The van der Waals surface area contributed by atoms with E-state index in [0.29, 0.717) is 15.3 Å². The first-order valence-corrected chi connectivity index (χ1v) is 8.38. The number of aromatic nitrogens is 1. The number of rotatable bonds is 3. The molecule has 0 bridgehead atoms. The highest BCUT2D eigenvalue weighted by molar-refractivity contribution is 7.16. The molecule has 0 fully saturated rings. The largest absolute Gasteiger partial charge is 0.468 e. The topological polar surface area (TPSA) is 60.7 Å². The molecule has 0 unspecified atom stereocenters. The molecule has 1 heterocycles. The Kier molecular flexibility index (Phi) is 4.96. The number of carbonyl (C=O) groups excluding carboxylic acids is 2. The third-order valence-electron chi connectivity index (χ3n) is 3.44. The molecule has 0 N–H and O–H groups in total. The third-order valence-corrected chi connectivity index (χ3v) is 4.71. The van der Waals surface area contributed by atoms with Crippen LogP contribution in [-0.4, -0.2) is 23.6 Å². The molecule has 3 rings (SSSR count). The quantitative estimate of drug-likeness (QED) is 0.656. The molecule has 0 atom stereocenters. The van der Waals surface area contributed by atoms with Gasteiger partial charge in [0.2, 0.25) is 0 Å². The molecule has 1 amide bonds. The molecule has 2 aromatic carbocycles. The molecule has 0 aliphatic heterocycles. The van der Waals surface area contributed by atoms with Gasteiger partial charge in [-0.3, -0.25) is 9.59 Å². The zero-order valence-electron chi connectivity index (χ0n) is 13.0. The number of fused-ring (bicyclic) bond motifs is 1. The number of carbonyl (C=O) groups is 2. The van der Waals surface area contributed by atoms with Gasteiger partial charge in [-0.15, -0.1) is 0 Å². The van der Waals surface area contributed by atoms with Gasteiger partial charge in [0.1, 0.15) is 12.4 Å². The summed E-state index contributed by atoms with van der Waals surface area (Å²) in [5, 5.41) is 0.408. The highest BCUT2D eigenvalue weighted by Gasteiger charge is 2.15. The second-order valence-electron chi connectivity index (χ2n) is 5.06. The van der Waals surface area contributed by atoms with Gasteiger partial charge in [-0.05, 0) is 30.3 Å². The number of amides is 1. The second kappa shape index (κ2) is 7.16. The Labute approximate surface area is 151 Å². The van der Waals surface area contributed by atoms with Gasteiger partial charge in [0, 0.05) is 10.6 Å². The molecule has 128 valence electrons. The fourth-order valence-corrected chi connectivity index (χ4v) is 3.52. The SMILES string of the molecule is COC(=O)Cn1c(=NC(=O)c2cccc(Cl)c2)sc2cccc(F)c21. The van der Waals surface area contributed by atoms with Crippen molar-refractivity contribution in [2.24, 2.45) is 4.99 Å². The summed E-state index contributed by atoms with van der Waals surface area (Å²) in [4.78, 5) is 28.3. The van der Waals surface area contributed by atoms with Crippen molar-refractivity contribution in [3.63, 3.8) is 0 Å². The Morgan fingerprint density at radius 2 is 2.04 bits per heavy atom. The second-order valence-corrected chi connectivity index (χ2v) is 6.51. The van der Waals surface area contributed by atoms with Gasteiger partial charge in [-0.1, -0.05) is 35.1 Å². The van der Waals surface area contributed by atoms with Crippen LogP contribution in [0.15, 0.2) is 47.5 Å². The summed E-state index contributed by atoms with van der Waals surface area (Å²) in [6.45, 7) is -0.251. The van der Waals surface area contributed by atoms with E-state index in [0.717, 1.165) is 11.3 Å². The zero-order chi connectivity index (χ0) is 18.0. The Morgan fingerprint density at radius 3 is 2.76 bits per heavy atom. The Balaban J connectivity index is 2.17. The van der Waals surface area contributed by atoms with Crippen LogP contribution in [0.4, 0.5) is 4.39 Å². The molecule has 3 aromatic rings. The van der Waals surface area contributed by atoms with Gasteiger partial charge in [0.25, 0.3) is 5.91 Å². The van der Waals surface area contributed by atoms with Crippen LogP contribution in [0, 0.1) is 5.82 Å². The van der Waals surface area contributed by atoms with Crippen LogP contribution < -0.4 is 4.80 Å². The minimum atomic E-state index is -0.570. The molecule has 0 saturated carbocycles. The molecular formula is C17H12ClFN2O3S. The van der Waals surface area contributed by atoms with E-state index in [4.69, 9.17) is 11.6 Å². The number of thiazole rings is 1. The molecule has 0 saturated heterocycles. The van der Waals surface area contributed by atoms with Crippen molar-refractivity contribution in [3.05, 3.63) is 63.7 Å². The van der Waals surface area contributed by atoms with Crippen LogP contribution in [-0.2, 0) is 16.1 Å². The zero-order valence-corrected chi connectivity index (χ0v) is 14.6. The summed E-state index contributed by atoms with van der Waals surface area (Å²) in [5.74, 6) is -1.61. The highest BCUT2D eigenvalue weighted by atomic mass is 35.5. The summed E-state index contributed by atoms with van der Waals surface area (Å²) in [6, 6.07) is 10.9. The molecular weight excluding hydrogens is 367 g/mol. The van der Waals surface area contributed by atoms with Crippen LogP contribution in [0.5, 0.6) is 0 Å². The first-order valence-electron chi connectivity index (χ1n) is 7.19. The van der Waals surface area contributed by atoms with E-state index in [1.165, 1.54) is 23.8 Å². The minimum Gasteiger partial charge on any atom is -0.468 e. The van der Waals surface area contributed by atoms with Crippen LogP contribution >= 0.6 is 22.9 Å². The van der Waals surface area contributed by atoms with Crippen molar-refractivity contribution < 1.29 is 18.7 Å². The Hall–Kier alpha value is -2.51. The van der Waals surface area contributed by atoms with Crippen LogP contribution in [0.25, 0.3) is 10.2 Å². The first-order chi connectivity index (χ1) is 12.0. The van der Waals surface area contributed by atoms with Gasteiger partial charge in [-0.2, -0.15) is 4.99 Å². The normalized spacial score (nSPS) is 11.7. The van der Waals surface area contributed by atoms with E-state index in [1.54, 1.807) is 30.3 Å². The molecule has 8 heteroatoms. The first kappa shape index (κ1) is 17.3. The molecule has 0 radical (unpaired) electrons. The Morgan fingerprint density at radius 1 is 1.28 bits per heavy atom. The molecule has 25 heavy (non-hydrogen) atoms. The van der Waals surface area contributed by atoms with E-state index in [1.807, 2.05) is 0 Å². The maximum atomic E-state index is 14.2. The average molecular weight is 379 g/mol. The van der Waals surface area contributed by atoms with E-state index in [9.17, 15) is 14.0 Å². The lowest BCUT2D eigenvalue weighted by Gasteiger charge is -2.04. The van der Waals surface area contributed by atoms with Crippen molar-refractivity contribution in [1.82, 2.24) is 4.57 Å². The van der Waals surface area contributed by atoms with E-state index in [-0.39, 0.29) is 16.9 Å². The molecule has 0 spiro atoms. The maximum absolute atomic E-state index is 14.2. The van der Waals surface area contributed by atoms with Gasteiger partial charge in [0.05, 0.1) is 17.3 Å². The summed E-state index contributed by atoms with van der Waals surface area (Å²) < 4.78 is 20.8. The summed E-state index contributed by atoms with van der Waals surface area (Å²) in [7, 11) is 1.24. The lowest BCUT2D eigenvalue weighted by molar-refractivity contribution is -0.141. The Bertz CT molecular complexity index is 1040. The number of nitrogens with zero attached hydrogens (tertiary/aromatic N) is 2. The predicted molar refractivity (Wildman–Crippen MR) is 93.1 cm³/mol. The molecule has 1 aromatic heterocycles. The third kappa shape index (κ3) is 3.62. The van der Waals surface area contributed by atoms with E-state index in [2.05, 4.69) is 9.73 Å². The summed E-state index contributed by atoms with van der Waals surface area (Å²) >= 11 is 7.00. The van der Waals surface area contributed by atoms with Crippen LogP contribution in [0.3, 0.4) is 0 Å². The number of benzene rings is 2. The minimum absolute atomic E-state index is 0.204. The fourth-order valence-electron chi connectivity index (χ4n) is 2.29. The van der Waals surface area contributed by atoms with Crippen LogP contribution in [0.2, 0.25) is 5.02 Å². The molecule has 0 aliphatic rings. The number of ether oxygens (including phenoxy) is 1. The van der Waals surface area contributed by atoms with Gasteiger partial charge >= 0.3 is 5.97 Å². The van der Waals surface area contributed by atoms with Gasteiger partial charge in [-0.25, -0.2) is 4.39 Å². The van der Waals surface area contributed by atoms with Crippen molar-refractivity contribution in [1.29, 1.82) is 0 Å². The number of methoxy groups -OCH3 is 1. The van der Waals surface area contributed by atoms with Crippen molar-refractivity contribution >= 4 is 45.0 Å². The van der Waals surface area contributed by atoms with E-state index < -0.39 is 17.7 Å². The number of hydrogen-bond donors (Lipinski definition) is 0. The smallest absolute Gasteiger partial charge is 0.325 e. The fraction of sp³-hybridized carbons (Fsp3) is 0.118. The van der Waals surface area contributed by atoms with Crippen molar-refractivity contribution in [2.75, 3.05) is 7.11 Å². The summed E-state index contributed by atoms with van der Waals surface area (Å²) in [5.41, 5.74) is 0.505. The maximum Gasteiger partial charge on any atom is 0.325 e. The lowest BCUT2D eigenvalue weighted by atomic mass is 10.2. The standard InChI is InChI=1S/C17H12ClFN2O3S/c1-24-14(22)9-21-15-12(19)6-3-7-13(15)25-17(21)20-16(23)10-4-2-5-11(18)8-10/h2-8H,9H2,1H3. The average Bonchev–Trinajstić information content (AvgIpc) is 2.93. The van der Waals surface area contributed by atoms with Crippen LogP contribution in [0.1, 0.15) is 10.4 Å². The van der Waals surface area contributed by atoms with Gasteiger partial charge in [0.15, 0.2) is 4.80 Å². The number of hydrogen-bond acceptors (Lipinski definition) is 4.